The number of hydrogen-bond donors (Lipinski definition) is 3. The lowest BCUT2D eigenvalue weighted by atomic mass is 9.88. The fourth-order valence-corrected chi connectivity index (χ4v) is 2.50. The first kappa shape index (κ1) is 15.1. The highest BCUT2D eigenvalue weighted by molar-refractivity contribution is 6.09. The lowest BCUT2D eigenvalue weighted by Gasteiger charge is -2.24. The molecule has 1 amide bonds. The van der Waals surface area contributed by atoms with Gasteiger partial charge in [-0.1, -0.05) is 0 Å². The van der Waals surface area contributed by atoms with Gasteiger partial charge in [0.25, 0.3) is 5.91 Å². The molecule has 8 nitrogen and oxygen atoms in total. The largest absolute Gasteiger partial charge is 0.733 e. The zero-order valence-corrected chi connectivity index (χ0v) is 11.8. The Bertz CT molecular complexity index is 778. The molecule has 0 radical (unpaired) electrons. The van der Waals surface area contributed by atoms with Gasteiger partial charge in [0.1, 0.15) is 0 Å². The van der Waals surface area contributed by atoms with Crippen LogP contribution in [0.25, 0.3) is 0 Å². The third-order valence-electron chi connectivity index (χ3n) is 3.71. The summed E-state index contributed by atoms with van der Waals surface area (Å²) in [5.41, 5.74) is -1.61. The molecule has 1 unspecified atom stereocenters. The van der Waals surface area contributed by atoms with Crippen molar-refractivity contribution >= 4 is 23.1 Å². The number of hydrogen-bond acceptors (Lipinski definition) is 7. The minimum Gasteiger partial charge on any atom is -0.733 e. The number of anilines is 2. The van der Waals surface area contributed by atoms with Crippen LogP contribution in [0.15, 0.2) is 42.7 Å². The number of ketones is 1. The van der Waals surface area contributed by atoms with Crippen molar-refractivity contribution in [3.8, 4) is 0 Å². The normalized spacial score (nSPS) is 19.2. The fraction of sp³-hybridized carbons (Fsp3) is 0.133. The zero-order chi connectivity index (χ0) is 16.6. The molecule has 2 heterocycles. The summed E-state index contributed by atoms with van der Waals surface area (Å²) in [6, 6.07) is 6.77. The SMILES string of the molecule is O=C(CC1(O)C(=O)Nc2ccc(N([O-])O)cc21)c1ccncc1. The molecule has 1 aromatic carbocycles. The van der Waals surface area contributed by atoms with E-state index in [-0.39, 0.29) is 22.2 Å². The van der Waals surface area contributed by atoms with E-state index in [0.29, 0.717) is 5.56 Å². The maximum atomic E-state index is 12.3. The summed E-state index contributed by atoms with van der Waals surface area (Å²) in [7, 11) is 0. The zero-order valence-electron chi connectivity index (χ0n) is 11.8. The Labute approximate surface area is 130 Å². The minimum absolute atomic E-state index is 0.0670. The number of nitrogens with one attached hydrogen (secondary N) is 1. The maximum absolute atomic E-state index is 12.3. The quantitative estimate of drug-likeness (QED) is 0.571. The minimum atomic E-state index is -2.11. The number of carbonyl (C=O) groups excluding carboxylic acids is 2. The highest BCUT2D eigenvalue weighted by atomic mass is 16.8. The van der Waals surface area contributed by atoms with Gasteiger partial charge in [-0.3, -0.25) is 19.8 Å². The van der Waals surface area contributed by atoms with Crippen LogP contribution in [0.5, 0.6) is 0 Å². The van der Waals surface area contributed by atoms with Crippen LogP contribution in [0.3, 0.4) is 0 Å². The third-order valence-corrected chi connectivity index (χ3v) is 3.71. The van der Waals surface area contributed by atoms with Crippen LogP contribution in [0.2, 0.25) is 0 Å². The van der Waals surface area contributed by atoms with E-state index in [0.717, 1.165) is 0 Å². The van der Waals surface area contributed by atoms with Crippen LogP contribution in [0.1, 0.15) is 22.3 Å². The van der Waals surface area contributed by atoms with Crippen LogP contribution < -0.4 is 10.5 Å². The predicted octanol–water partition coefficient (Wildman–Crippen LogP) is 1.19. The smallest absolute Gasteiger partial charge is 0.261 e. The molecular weight excluding hydrogens is 302 g/mol. The van der Waals surface area contributed by atoms with Crippen LogP contribution >= 0.6 is 0 Å². The molecule has 8 heteroatoms. The second-order valence-electron chi connectivity index (χ2n) is 5.15. The second-order valence-corrected chi connectivity index (χ2v) is 5.15. The van der Waals surface area contributed by atoms with E-state index >= 15 is 0 Å². The number of nitrogens with zero attached hydrogens (tertiary/aromatic N) is 2. The molecule has 1 aliphatic heterocycles. The number of benzene rings is 1. The number of pyridine rings is 1. The first-order valence-corrected chi connectivity index (χ1v) is 6.69. The van der Waals surface area contributed by atoms with Crippen molar-refractivity contribution in [1.29, 1.82) is 0 Å². The lowest BCUT2D eigenvalue weighted by Crippen LogP contribution is -2.36. The van der Waals surface area contributed by atoms with Crippen molar-refractivity contribution < 1.29 is 19.9 Å². The molecule has 3 rings (SSSR count). The Morgan fingerprint density at radius 2 is 2.00 bits per heavy atom. The molecule has 1 aliphatic rings. The van der Waals surface area contributed by atoms with Crippen molar-refractivity contribution in [3.63, 3.8) is 0 Å². The Kier molecular flexibility index (Phi) is 3.57. The molecule has 0 aliphatic carbocycles. The lowest BCUT2D eigenvalue weighted by molar-refractivity contribution is -0.133. The van der Waals surface area contributed by atoms with E-state index in [1.807, 2.05) is 0 Å². The summed E-state index contributed by atoms with van der Waals surface area (Å²) in [4.78, 5) is 28.2. The summed E-state index contributed by atoms with van der Waals surface area (Å²) in [5.74, 6) is -1.21. The monoisotopic (exact) mass is 314 g/mol. The van der Waals surface area contributed by atoms with Crippen molar-refractivity contribution in [2.24, 2.45) is 0 Å². The molecule has 1 atom stereocenters. The van der Waals surface area contributed by atoms with E-state index in [1.165, 1.54) is 42.7 Å². The van der Waals surface area contributed by atoms with Gasteiger partial charge < -0.3 is 20.9 Å². The number of fused-ring (bicyclic) bond motifs is 1. The van der Waals surface area contributed by atoms with Gasteiger partial charge in [-0.15, -0.1) is 0 Å². The highest BCUT2D eigenvalue weighted by Gasteiger charge is 2.47. The third kappa shape index (κ3) is 2.55. The molecule has 2 aromatic rings. The van der Waals surface area contributed by atoms with Crippen molar-refractivity contribution in [2.45, 2.75) is 12.0 Å². The van der Waals surface area contributed by atoms with Crippen molar-refractivity contribution in [1.82, 2.24) is 4.98 Å². The molecule has 0 fully saturated rings. The van der Waals surface area contributed by atoms with Gasteiger partial charge in [0.15, 0.2) is 11.4 Å². The van der Waals surface area contributed by atoms with Crippen LogP contribution in [0, 0.1) is 5.21 Å². The Morgan fingerprint density at radius 3 is 2.65 bits per heavy atom. The van der Waals surface area contributed by atoms with Gasteiger partial charge in [0, 0.05) is 29.2 Å². The number of rotatable bonds is 4. The summed E-state index contributed by atoms with van der Waals surface area (Å²) in [5, 5.41) is 32.7. The summed E-state index contributed by atoms with van der Waals surface area (Å²) < 4.78 is 0. The molecule has 0 saturated carbocycles. The Balaban J connectivity index is 1.97. The van der Waals surface area contributed by atoms with Gasteiger partial charge in [-0.05, 0) is 30.3 Å². The van der Waals surface area contributed by atoms with Gasteiger partial charge in [0.2, 0.25) is 0 Å². The summed E-state index contributed by atoms with van der Waals surface area (Å²) >= 11 is 0. The number of aromatic nitrogens is 1. The molecule has 23 heavy (non-hydrogen) atoms. The summed E-state index contributed by atoms with van der Waals surface area (Å²) in [6.45, 7) is 0. The highest BCUT2D eigenvalue weighted by Crippen LogP contribution is 2.40. The Morgan fingerprint density at radius 1 is 1.30 bits per heavy atom. The van der Waals surface area contributed by atoms with Gasteiger partial charge in [-0.25, -0.2) is 0 Å². The summed E-state index contributed by atoms with van der Waals surface area (Å²) in [6.07, 6.45) is 2.36. The molecule has 3 N–H and O–H groups in total. The van der Waals surface area contributed by atoms with Crippen LogP contribution in [-0.2, 0) is 10.4 Å². The number of Topliss-reactive ketones (excluding diaryl/α,β-unsaturated/α-hetero) is 1. The topological polar surface area (TPSA) is 126 Å². The van der Waals surface area contributed by atoms with Crippen molar-refractivity contribution in [3.05, 3.63) is 59.1 Å². The molecule has 118 valence electrons. The number of aliphatic hydroxyl groups is 1. The standard InChI is InChI=1S/C15H12N3O5/c19-13(9-3-5-16-6-4-9)8-15(21)11-7-10(18(22)23)1-2-12(11)17-14(15)20/h1-7,21-22H,8H2,(H,17,20)/q-1. The predicted molar refractivity (Wildman–Crippen MR) is 79.8 cm³/mol. The molecule has 1 aromatic heterocycles. The molecule has 0 saturated heterocycles. The molecule has 0 bridgehead atoms. The van der Waals surface area contributed by atoms with Crippen molar-refractivity contribution in [2.75, 3.05) is 10.5 Å². The van der Waals surface area contributed by atoms with E-state index in [1.54, 1.807) is 0 Å². The van der Waals surface area contributed by atoms with E-state index in [9.17, 15) is 19.9 Å². The first-order chi connectivity index (χ1) is 10.9. The maximum Gasteiger partial charge on any atom is 0.261 e. The average molecular weight is 314 g/mol. The number of carbonyl (C=O) groups is 2. The fourth-order valence-electron chi connectivity index (χ4n) is 2.50. The van der Waals surface area contributed by atoms with Gasteiger partial charge in [-0.2, -0.15) is 0 Å². The van der Waals surface area contributed by atoms with E-state index < -0.39 is 23.7 Å². The Hall–Kier alpha value is -2.81. The molecule has 0 spiro atoms. The number of amides is 1. The molecular formula is C15H12N3O5-. The average Bonchev–Trinajstić information content (AvgIpc) is 2.79. The first-order valence-electron chi connectivity index (χ1n) is 6.69. The van der Waals surface area contributed by atoms with Gasteiger partial charge in [0.05, 0.1) is 12.1 Å². The van der Waals surface area contributed by atoms with Crippen LogP contribution in [-0.4, -0.2) is 27.0 Å². The van der Waals surface area contributed by atoms with E-state index in [2.05, 4.69) is 10.3 Å². The van der Waals surface area contributed by atoms with Crippen LogP contribution in [0.4, 0.5) is 11.4 Å². The van der Waals surface area contributed by atoms with Gasteiger partial charge >= 0.3 is 0 Å². The van der Waals surface area contributed by atoms with E-state index in [4.69, 9.17) is 5.21 Å². The second kappa shape index (κ2) is 5.43.